The van der Waals surface area contributed by atoms with Gasteiger partial charge in [-0.15, -0.1) is 0 Å². The lowest BCUT2D eigenvalue weighted by molar-refractivity contribution is -0.117. The van der Waals surface area contributed by atoms with Crippen molar-refractivity contribution in [2.24, 2.45) is 0 Å². The second-order valence-electron chi connectivity index (χ2n) is 7.80. The summed E-state index contributed by atoms with van der Waals surface area (Å²) in [5, 5.41) is 2.88. The highest BCUT2D eigenvalue weighted by Crippen LogP contribution is 2.22. The van der Waals surface area contributed by atoms with Crippen LogP contribution in [0.3, 0.4) is 0 Å². The second kappa shape index (κ2) is 9.97. The lowest BCUT2D eigenvalue weighted by atomic mass is 10.1. The van der Waals surface area contributed by atoms with Crippen LogP contribution in [0.4, 0.5) is 5.69 Å². The molecule has 2 N–H and O–H groups in total. The van der Waals surface area contributed by atoms with E-state index in [2.05, 4.69) is 10.0 Å². The van der Waals surface area contributed by atoms with Crippen molar-refractivity contribution in [1.82, 2.24) is 4.72 Å². The molecule has 0 aliphatic heterocycles. The highest BCUT2D eigenvalue weighted by atomic mass is 32.2. The Kier molecular flexibility index (Phi) is 7.33. The topological polar surface area (TPSA) is 84.5 Å². The predicted molar refractivity (Wildman–Crippen MR) is 127 cm³/mol. The van der Waals surface area contributed by atoms with Gasteiger partial charge in [0.2, 0.25) is 15.9 Å². The first kappa shape index (κ1) is 23.5. The standard InChI is InChI=1S/C25H28N2O4S/c1-17-10-12-22(18(2)14-17)26-25(28)23(16-20-8-6-5-7-9-20)27-32(29,30)21-11-13-24(31-4)19(3)15-21/h5-15,23,27H,16H2,1-4H3,(H,26,28)/t23-/m0/s1. The van der Waals surface area contributed by atoms with Gasteiger partial charge in [-0.1, -0.05) is 48.0 Å². The first-order valence-corrected chi connectivity index (χ1v) is 11.8. The van der Waals surface area contributed by atoms with Crippen LogP contribution in [0.25, 0.3) is 0 Å². The maximum Gasteiger partial charge on any atom is 0.242 e. The van der Waals surface area contributed by atoms with Gasteiger partial charge in [0.25, 0.3) is 0 Å². The molecular weight excluding hydrogens is 424 g/mol. The Morgan fingerprint density at radius 3 is 2.28 bits per heavy atom. The molecule has 0 heterocycles. The highest BCUT2D eigenvalue weighted by Gasteiger charge is 2.27. The minimum atomic E-state index is -3.95. The van der Waals surface area contributed by atoms with E-state index in [-0.39, 0.29) is 11.3 Å². The number of nitrogens with one attached hydrogen (secondary N) is 2. The van der Waals surface area contributed by atoms with Gasteiger partial charge < -0.3 is 10.1 Å². The van der Waals surface area contributed by atoms with Crippen molar-refractivity contribution in [3.63, 3.8) is 0 Å². The molecule has 0 fully saturated rings. The molecule has 0 aliphatic carbocycles. The van der Waals surface area contributed by atoms with Crippen LogP contribution in [0.2, 0.25) is 0 Å². The molecule has 6 nitrogen and oxygen atoms in total. The van der Waals surface area contributed by atoms with E-state index in [1.54, 1.807) is 13.0 Å². The van der Waals surface area contributed by atoms with E-state index in [0.29, 0.717) is 17.0 Å². The molecule has 0 saturated carbocycles. The van der Waals surface area contributed by atoms with Gasteiger partial charge in [-0.25, -0.2) is 8.42 Å². The van der Waals surface area contributed by atoms with E-state index in [0.717, 1.165) is 16.7 Å². The number of carbonyl (C=O) groups excluding carboxylic acids is 1. The molecule has 0 radical (unpaired) electrons. The first-order valence-electron chi connectivity index (χ1n) is 10.3. The van der Waals surface area contributed by atoms with Gasteiger partial charge in [-0.2, -0.15) is 4.72 Å². The SMILES string of the molecule is COc1ccc(S(=O)(=O)N[C@@H](Cc2ccccc2)C(=O)Nc2ccc(C)cc2C)cc1C. The van der Waals surface area contributed by atoms with Crippen LogP contribution in [0.1, 0.15) is 22.3 Å². The molecule has 168 valence electrons. The number of sulfonamides is 1. The van der Waals surface area contributed by atoms with Crippen molar-refractivity contribution in [3.05, 3.63) is 89.0 Å². The third-order valence-electron chi connectivity index (χ3n) is 5.21. The van der Waals surface area contributed by atoms with Gasteiger partial charge in [0.05, 0.1) is 12.0 Å². The summed E-state index contributed by atoms with van der Waals surface area (Å²) in [6, 6.07) is 18.6. The summed E-state index contributed by atoms with van der Waals surface area (Å²) in [6.45, 7) is 5.65. The highest BCUT2D eigenvalue weighted by molar-refractivity contribution is 7.89. The number of hydrogen-bond acceptors (Lipinski definition) is 4. The lowest BCUT2D eigenvalue weighted by Crippen LogP contribution is -2.45. The van der Waals surface area contributed by atoms with Crippen molar-refractivity contribution in [2.75, 3.05) is 12.4 Å². The number of ether oxygens (including phenoxy) is 1. The minimum absolute atomic E-state index is 0.0770. The second-order valence-corrected chi connectivity index (χ2v) is 9.52. The number of hydrogen-bond donors (Lipinski definition) is 2. The Morgan fingerprint density at radius 2 is 1.66 bits per heavy atom. The summed E-state index contributed by atoms with van der Waals surface area (Å²) < 4.78 is 34.1. The Morgan fingerprint density at radius 1 is 0.938 bits per heavy atom. The molecule has 1 amide bonds. The quantitative estimate of drug-likeness (QED) is 0.538. The molecule has 3 aromatic rings. The van der Waals surface area contributed by atoms with Crippen LogP contribution in [0.5, 0.6) is 5.75 Å². The molecule has 3 aromatic carbocycles. The summed E-state index contributed by atoms with van der Waals surface area (Å²) in [6.07, 6.45) is 0.214. The zero-order valence-corrected chi connectivity index (χ0v) is 19.5. The number of methoxy groups -OCH3 is 1. The average molecular weight is 453 g/mol. The molecule has 32 heavy (non-hydrogen) atoms. The van der Waals surface area contributed by atoms with Crippen molar-refractivity contribution < 1.29 is 17.9 Å². The van der Waals surface area contributed by atoms with E-state index in [1.807, 2.05) is 62.4 Å². The van der Waals surface area contributed by atoms with Crippen LogP contribution >= 0.6 is 0 Å². The van der Waals surface area contributed by atoms with Gasteiger partial charge in [0, 0.05) is 5.69 Å². The van der Waals surface area contributed by atoms with Gasteiger partial charge in [0.15, 0.2) is 0 Å². The number of anilines is 1. The minimum Gasteiger partial charge on any atom is -0.496 e. The Balaban J connectivity index is 1.89. The predicted octanol–water partition coefficient (Wildman–Crippen LogP) is 4.15. The zero-order chi connectivity index (χ0) is 23.3. The van der Waals surface area contributed by atoms with E-state index in [9.17, 15) is 13.2 Å². The third kappa shape index (κ3) is 5.75. The van der Waals surface area contributed by atoms with Gasteiger partial charge in [-0.3, -0.25) is 4.79 Å². The summed E-state index contributed by atoms with van der Waals surface area (Å²) in [7, 11) is -2.42. The molecule has 0 aliphatic rings. The summed E-state index contributed by atoms with van der Waals surface area (Å²) in [4.78, 5) is 13.2. The third-order valence-corrected chi connectivity index (χ3v) is 6.68. The Labute approximate surface area is 189 Å². The van der Waals surface area contributed by atoms with E-state index < -0.39 is 22.0 Å². The maximum atomic E-state index is 13.2. The van der Waals surface area contributed by atoms with Crippen molar-refractivity contribution >= 4 is 21.6 Å². The van der Waals surface area contributed by atoms with Crippen LogP contribution in [-0.4, -0.2) is 27.5 Å². The fourth-order valence-electron chi connectivity index (χ4n) is 3.48. The summed E-state index contributed by atoms with van der Waals surface area (Å²) >= 11 is 0. The van der Waals surface area contributed by atoms with Gasteiger partial charge in [-0.05, 0) is 68.1 Å². The fraction of sp³-hybridized carbons (Fsp3) is 0.240. The maximum absolute atomic E-state index is 13.2. The molecule has 3 rings (SSSR count). The summed E-state index contributed by atoms with van der Waals surface area (Å²) in [5.41, 5.74) is 4.18. The van der Waals surface area contributed by atoms with Crippen molar-refractivity contribution in [1.29, 1.82) is 0 Å². The molecule has 7 heteroatoms. The van der Waals surface area contributed by atoms with Crippen molar-refractivity contribution in [2.45, 2.75) is 38.1 Å². The lowest BCUT2D eigenvalue weighted by Gasteiger charge is -2.20. The van der Waals surface area contributed by atoms with Gasteiger partial charge >= 0.3 is 0 Å². The largest absolute Gasteiger partial charge is 0.496 e. The van der Waals surface area contributed by atoms with E-state index >= 15 is 0 Å². The Bertz CT molecular complexity index is 1210. The zero-order valence-electron chi connectivity index (χ0n) is 18.7. The van der Waals surface area contributed by atoms with Crippen LogP contribution < -0.4 is 14.8 Å². The van der Waals surface area contributed by atoms with Crippen LogP contribution in [-0.2, 0) is 21.2 Å². The number of benzene rings is 3. The summed E-state index contributed by atoms with van der Waals surface area (Å²) in [5.74, 6) is 0.173. The first-order chi connectivity index (χ1) is 15.2. The number of amides is 1. The molecule has 0 bridgehead atoms. The smallest absolute Gasteiger partial charge is 0.242 e. The molecule has 0 unspecified atom stereocenters. The average Bonchev–Trinajstić information content (AvgIpc) is 2.75. The molecule has 1 atom stereocenters. The van der Waals surface area contributed by atoms with Crippen LogP contribution in [0.15, 0.2) is 71.6 Å². The molecule has 0 aromatic heterocycles. The number of aryl methyl sites for hydroxylation is 3. The number of carbonyl (C=O) groups is 1. The molecule has 0 saturated heterocycles. The van der Waals surface area contributed by atoms with Gasteiger partial charge in [0.1, 0.15) is 11.8 Å². The monoisotopic (exact) mass is 452 g/mol. The molecular formula is C25H28N2O4S. The van der Waals surface area contributed by atoms with E-state index in [1.165, 1.54) is 19.2 Å². The fourth-order valence-corrected chi connectivity index (χ4v) is 4.76. The van der Waals surface area contributed by atoms with E-state index in [4.69, 9.17) is 4.74 Å². The molecule has 0 spiro atoms. The van der Waals surface area contributed by atoms with Crippen LogP contribution in [0, 0.1) is 20.8 Å². The Hall–Kier alpha value is -3.16. The van der Waals surface area contributed by atoms with Crippen molar-refractivity contribution in [3.8, 4) is 5.75 Å². The normalized spacial score (nSPS) is 12.2. The number of rotatable bonds is 8.